The largest absolute Gasteiger partial charge is 0.384 e. The first-order valence-electron chi connectivity index (χ1n) is 4.81. The highest BCUT2D eigenvalue weighted by atomic mass is 16.5. The maximum Gasteiger partial charge on any atom is 0.231 e. The predicted molar refractivity (Wildman–Crippen MR) is 55.2 cm³/mol. The fourth-order valence-corrected chi connectivity index (χ4v) is 0.888. The van der Waals surface area contributed by atoms with Crippen LogP contribution >= 0.6 is 0 Å². The number of anilines is 1. The van der Waals surface area contributed by atoms with E-state index in [1.807, 2.05) is 0 Å². The van der Waals surface area contributed by atoms with Gasteiger partial charge in [0.25, 0.3) is 0 Å². The van der Waals surface area contributed by atoms with Gasteiger partial charge in [-0.1, -0.05) is 19.0 Å². The first kappa shape index (κ1) is 11.7. The van der Waals surface area contributed by atoms with Crippen molar-refractivity contribution in [2.24, 2.45) is 5.92 Å². The van der Waals surface area contributed by atoms with E-state index in [0.717, 1.165) is 0 Å². The third-order valence-electron chi connectivity index (χ3n) is 1.91. The molecule has 0 radical (unpaired) electrons. The van der Waals surface area contributed by atoms with Crippen LogP contribution in [0.1, 0.15) is 33.4 Å². The summed E-state index contributed by atoms with van der Waals surface area (Å²) in [6, 6.07) is 1.51. The molecule has 1 heterocycles. The number of nitrogens with zero attached hydrogens (tertiary/aromatic N) is 1. The van der Waals surface area contributed by atoms with E-state index < -0.39 is 5.60 Å². The summed E-state index contributed by atoms with van der Waals surface area (Å²) in [6.45, 7) is 6.75. The number of hydrogen-bond acceptors (Lipinski definition) is 4. The fourth-order valence-electron chi connectivity index (χ4n) is 0.888. The standard InChI is InChI=1S/C10H16N2O3/c1-6(2)9(13)11-8-5-7(12-15-8)10(3,4)14/h5-6,14H,1-4H3,(H,11,13). The zero-order chi connectivity index (χ0) is 11.6. The van der Waals surface area contributed by atoms with Crippen LogP contribution in [0, 0.1) is 5.92 Å². The Morgan fingerprint density at radius 3 is 2.60 bits per heavy atom. The van der Waals surface area contributed by atoms with Gasteiger partial charge in [0.2, 0.25) is 11.8 Å². The number of rotatable bonds is 3. The summed E-state index contributed by atoms with van der Waals surface area (Å²) in [5.41, 5.74) is -0.675. The van der Waals surface area contributed by atoms with Gasteiger partial charge in [0, 0.05) is 12.0 Å². The maximum absolute atomic E-state index is 11.3. The van der Waals surface area contributed by atoms with Crippen molar-refractivity contribution in [2.45, 2.75) is 33.3 Å². The lowest BCUT2D eigenvalue weighted by Gasteiger charge is -2.11. The van der Waals surface area contributed by atoms with Crippen molar-refractivity contribution in [1.29, 1.82) is 0 Å². The average molecular weight is 212 g/mol. The zero-order valence-electron chi connectivity index (χ0n) is 9.37. The highest BCUT2D eigenvalue weighted by molar-refractivity contribution is 5.90. The van der Waals surface area contributed by atoms with Crippen molar-refractivity contribution >= 4 is 11.8 Å². The normalized spacial score (nSPS) is 11.9. The summed E-state index contributed by atoms with van der Waals surface area (Å²) in [5.74, 6) is -0.0139. The lowest BCUT2D eigenvalue weighted by molar-refractivity contribution is -0.119. The van der Waals surface area contributed by atoms with E-state index in [4.69, 9.17) is 4.52 Å². The zero-order valence-corrected chi connectivity index (χ0v) is 9.37. The molecule has 0 saturated carbocycles. The van der Waals surface area contributed by atoms with Gasteiger partial charge in [-0.05, 0) is 13.8 Å². The quantitative estimate of drug-likeness (QED) is 0.796. The van der Waals surface area contributed by atoms with Gasteiger partial charge in [-0.25, -0.2) is 0 Å². The Kier molecular flexibility index (Phi) is 3.14. The van der Waals surface area contributed by atoms with Gasteiger partial charge in [-0.15, -0.1) is 0 Å². The summed E-state index contributed by atoms with van der Waals surface area (Å²) < 4.78 is 4.87. The highest BCUT2D eigenvalue weighted by Crippen LogP contribution is 2.21. The van der Waals surface area contributed by atoms with E-state index in [0.29, 0.717) is 5.69 Å². The van der Waals surface area contributed by atoms with Crippen molar-refractivity contribution in [1.82, 2.24) is 5.16 Å². The van der Waals surface area contributed by atoms with Gasteiger partial charge in [0.05, 0.1) is 0 Å². The van der Waals surface area contributed by atoms with E-state index >= 15 is 0 Å². The molecule has 0 aliphatic carbocycles. The number of carbonyl (C=O) groups excluding carboxylic acids is 1. The second-order valence-electron chi connectivity index (χ2n) is 4.28. The molecular formula is C10H16N2O3. The Morgan fingerprint density at radius 2 is 2.20 bits per heavy atom. The molecule has 5 nitrogen and oxygen atoms in total. The lowest BCUT2D eigenvalue weighted by Crippen LogP contribution is -2.17. The Morgan fingerprint density at radius 1 is 1.60 bits per heavy atom. The number of aliphatic hydroxyl groups is 1. The molecule has 15 heavy (non-hydrogen) atoms. The van der Waals surface area contributed by atoms with E-state index in [1.54, 1.807) is 27.7 Å². The van der Waals surface area contributed by atoms with Crippen molar-refractivity contribution in [3.8, 4) is 0 Å². The molecule has 1 rings (SSSR count). The predicted octanol–water partition coefficient (Wildman–Crippen LogP) is 1.50. The van der Waals surface area contributed by atoms with Crippen LogP contribution in [-0.4, -0.2) is 16.2 Å². The lowest BCUT2D eigenvalue weighted by atomic mass is 10.1. The molecule has 0 atom stereocenters. The molecule has 0 aromatic carbocycles. The average Bonchev–Trinajstić information content (AvgIpc) is 2.51. The minimum absolute atomic E-state index is 0.124. The molecule has 0 bridgehead atoms. The van der Waals surface area contributed by atoms with Gasteiger partial charge in [0.1, 0.15) is 11.3 Å². The van der Waals surface area contributed by atoms with Gasteiger partial charge < -0.3 is 9.63 Å². The molecule has 1 aromatic rings. The Labute approximate surface area is 88.5 Å². The fraction of sp³-hybridized carbons (Fsp3) is 0.600. The smallest absolute Gasteiger partial charge is 0.231 e. The van der Waals surface area contributed by atoms with Crippen LogP contribution in [0.4, 0.5) is 5.88 Å². The monoisotopic (exact) mass is 212 g/mol. The molecule has 84 valence electrons. The summed E-state index contributed by atoms with van der Waals surface area (Å²) >= 11 is 0. The SMILES string of the molecule is CC(C)C(=O)Nc1cc(C(C)(C)O)no1. The molecule has 0 aliphatic heterocycles. The Balaban J connectivity index is 2.73. The minimum Gasteiger partial charge on any atom is -0.384 e. The molecule has 2 N–H and O–H groups in total. The summed E-state index contributed by atoms with van der Waals surface area (Å²) in [5, 5.41) is 15.8. The maximum atomic E-state index is 11.3. The number of carbonyl (C=O) groups is 1. The summed E-state index contributed by atoms with van der Waals surface area (Å²) in [4.78, 5) is 11.3. The van der Waals surface area contributed by atoms with Crippen LogP contribution in [0.5, 0.6) is 0 Å². The number of nitrogens with one attached hydrogen (secondary N) is 1. The molecule has 0 unspecified atom stereocenters. The minimum atomic E-state index is -1.07. The number of amides is 1. The van der Waals surface area contributed by atoms with Gasteiger partial charge in [0.15, 0.2) is 0 Å². The first-order chi connectivity index (χ1) is 6.80. The van der Waals surface area contributed by atoms with E-state index in [-0.39, 0.29) is 17.7 Å². The van der Waals surface area contributed by atoms with E-state index in [2.05, 4.69) is 10.5 Å². The number of hydrogen-bond donors (Lipinski definition) is 2. The molecule has 5 heteroatoms. The third-order valence-corrected chi connectivity index (χ3v) is 1.91. The van der Waals surface area contributed by atoms with Crippen molar-refractivity contribution in [3.05, 3.63) is 11.8 Å². The number of aromatic nitrogens is 1. The van der Waals surface area contributed by atoms with Crippen molar-refractivity contribution in [2.75, 3.05) is 5.32 Å². The van der Waals surface area contributed by atoms with E-state index in [9.17, 15) is 9.90 Å². The summed E-state index contributed by atoms with van der Waals surface area (Å²) in [7, 11) is 0. The molecule has 1 amide bonds. The van der Waals surface area contributed by atoms with Crippen LogP contribution in [-0.2, 0) is 10.4 Å². The second kappa shape index (κ2) is 4.02. The Bertz CT molecular complexity index is 350. The molecule has 0 aliphatic rings. The van der Waals surface area contributed by atoms with Gasteiger partial charge >= 0.3 is 0 Å². The Hall–Kier alpha value is -1.36. The van der Waals surface area contributed by atoms with Crippen LogP contribution in [0.15, 0.2) is 10.6 Å². The topological polar surface area (TPSA) is 75.4 Å². The summed E-state index contributed by atoms with van der Waals surface area (Å²) in [6.07, 6.45) is 0. The molecule has 0 fully saturated rings. The van der Waals surface area contributed by atoms with Gasteiger partial charge in [-0.3, -0.25) is 10.1 Å². The van der Waals surface area contributed by atoms with Crippen molar-refractivity contribution in [3.63, 3.8) is 0 Å². The third kappa shape index (κ3) is 3.06. The van der Waals surface area contributed by atoms with Crippen molar-refractivity contribution < 1.29 is 14.4 Å². The van der Waals surface area contributed by atoms with Crippen LogP contribution < -0.4 is 5.32 Å². The van der Waals surface area contributed by atoms with E-state index in [1.165, 1.54) is 6.07 Å². The van der Waals surface area contributed by atoms with Gasteiger partial charge in [-0.2, -0.15) is 0 Å². The second-order valence-corrected chi connectivity index (χ2v) is 4.28. The molecule has 0 spiro atoms. The molecule has 0 saturated heterocycles. The van der Waals surface area contributed by atoms with Crippen LogP contribution in [0.3, 0.4) is 0 Å². The molecule has 1 aromatic heterocycles. The first-order valence-corrected chi connectivity index (χ1v) is 4.81. The highest BCUT2D eigenvalue weighted by Gasteiger charge is 2.21. The van der Waals surface area contributed by atoms with Crippen LogP contribution in [0.2, 0.25) is 0 Å². The van der Waals surface area contributed by atoms with Crippen LogP contribution in [0.25, 0.3) is 0 Å². The molecular weight excluding hydrogens is 196 g/mol.